The van der Waals surface area contributed by atoms with Crippen molar-refractivity contribution in [1.29, 1.82) is 0 Å². The lowest BCUT2D eigenvalue weighted by atomic mass is 10.2. The fourth-order valence-corrected chi connectivity index (χ4v) is 2.00. The first-order chi connectivity index (χ1) is 9.54. The summed E-state index contributed by atoms with van der Waals surface area (Å²) in [5.41, 5.74) is 1.00. The summed E-state index contributed by atoms with van der Waals surface area (Å²) in [5.74, 6) is 0.646. The van der Waals surface area contributed by atoms with E-state index in [9.17, 15) is 4.79 Å². The summed E-state index contributed by atoms with van der Waals surface area (Å²) >= 11 is 6.15. The van der Waals surface area contributed by atoms with Crippen molar-refractivity contribution in [2.45, 2.75) is 39.8 Å². The number of hydrogen-bond donors (Lipinski definition) is 2. The minimum atomic E-state index is -0.0136. The van der Waals surface area contributed by atoms with Crippen molar-refractivity contribution in [1.82, 2.24) is 10.6 Å². The molecule has 5 heteroatoms. The van der Waals surface area contributed by atoms with Gasteiger partial charge in [-0.1, -0.05) is 30.7 Å². The summed E-state index contributed by atoms with van der Waals surface area (Å²) in [5, 5.41) is 6.64. The van der Waals surface area contributed by atoms with Gasteiger partial charge in [0.05, 0.1) is 18.1 Å². The van der Waals surface area contributed by atoms with Crippen molar-refractivity contribution in [2.75, 3.05) is 13.2 Å². The Bertz CT molecular complexity index is 436. The quantitative estimate of drug-likeness (QED) is 0.776. The van der Waals surface area contributed by atoms with Crippen LogP contribution in [0.15, 0.2) is 18.2 Å². The number of hydrogen-bond acceptors (Lipinski definition) is 3. The first kappa shape index (κ1) is 16.8. The molecule has 0 heterocycles. The van der Waals surface area contributed by atoms with E-state index in [1.54, 1.807) is 6.07 Å². The monoisotopic (exact) mass is 298 g/mol. The van der Waals surface area contributed by atoms with Gasteiger partial charge in [-0.25, -0.2) is 0 Å². The lowest BCUT2D eigenvalue weighted by molar-refractivity contribution is -0.122. The second kappa shape index (κ2) is 8.82. The molecule has 0 radical (unpaired) electrons. The Hall–Kier alpha value is -1.26. The normalized spacial score (nSPS) is 10.7. The van der Waals surface area contributed by atoms with Gasteiger partial charge in [-0.2, -0.15) is 0 Å². The predicted molar refractivity (Wildman–Crippen MR) is 82.2 cm³/mol. The maximum Gasteiger partial charge on any atom is 0.223 e. The van der Waals surface area contributed by atoms with Gasteiger partial charge in [0.25, 0.3) is 0 Å². The smallest absolute Gasteiger partial charge is 0.223 e. The van der Waals surface area contributed by atoms with Gasteiger partial charge in [0.1, 0.15) is 5.75 Å². The van der Waals surface area contributed by atoms with Gasteiger partial charge in [0.15, 0.2) is 0 Å². The van der Waals surface area contributed by atoms with E-state index in [0.29, 0.717) is 30.3 Å². The van der Waals surface area contributed by atoms with Crippen molar-refractivity contribution in [3.63, 3.8) is 0 Å². The minimum Gasteiger partial charge on any atom is -0.491 e. The van der Waals surface area contributed by atoms with Crippen LogP contribution in [-0.4, -0.2) is 25.1 Å². The highest BCUT2D eigenvalue weighted by Crippen LogP contribution is 2.28. The van der Waals surface area contributed by atoms with Gasteiger partial charge in [0.2, 0.25) is 5.91 Å². The highest BCUT2D eigenvalue weighted by Gasteiger charge is 2.09. The highest BCUT2D eigenvalue weighted by atomic mass is 35.5. The van der Waals surface area contributed by atoms with Crippen LogP contribution in [0.4, 0.5) is 0 Å². The molecule has 0 aliphatic carbocycles. The number of amides is 1. The van der Waals surface area contributed by atoms with Crippen LogP contribution in [0.3, 0.4) is 0 Å². The van der Waals surface area contributed by atoms with Crippen LogP contribution >= 0.6 is 11.6 Å². The van der Waals surface area contributed by atoms with Crippen molar-refractivity contribution in [3.8, 4) is 5.75 Å². The third kappa shape index (κ3) is 5.80. The number of ether oxygens (including phenoxy) is 1. The number of benzene rings is 1. The van der Waals surface area contributed by atoms with Crippen LogP contribution in [0.25, 0.3) is 0 Å². The van der Waals surface area contributed by atoms with E-state index in [1.807, 2.05) is 32.9 Å². The fourth-order valence-electron chi connectivity index (χ4n) is 1.75. The van der Waals surface area contributed by atoms with E-state index in [1.165, 1.54) is 0 Å². The van der Waals surface area contributed by atoms with E-state index in [2.05, 4.69) is 10.6 Å². The van der Waals surface area contributed by atoms with Crippen LogP contribution in [0.1, 0.15) is 32.8 Å². The molecule has 0 fully saturated rings. The van der Waals surface area contributed by atoms with E-state index >= 15 is 0 Å². The Morgan fingerprint density at radius 1 is 1.40 bits per heavy atom. The molecule has 112 valence electrons. The molecule has 2 N–H and O–H groups in total. The molecule has 1 aromatic rings. The molecule has 0 bridgehead atoms. The summed E-state index contributed by atoms with van der Waals surface area (Å²) < 4.78 is 5.68. The van der Waals surface area contributed by atoms with Gasteiger partial charge in [0, 0.05) is 18.2 Å². The first-order valence-electron chi connectivity index (χ1n) is 6.94. The van der Waals surface area contributed by atoms with Crippen LogP contribution in [0.2, 0.25) is 5.02 Å². The lowest BCUT2D eigenvalue weighted by Gasteiger charge is -2.14. The molecular formula is C15H23ClN2O2. The average molecular weight is 299 g/mol. The zero-order chi connectivity index (χ0) is 15.0. The average Bonchev–Trinajstić information content (AvgIpc) is 2.38. The number of rotatable bonds is 8. The van der Waals surface area contributed by atoms with Crippen molar-refractivity contribution < 1.29 is 9.53 Å². The van der Waals surface area contributed by atoms with Gasteiger partial charge in [-0.3, -0.25) is 4.79 Å². The molecule has 1 rings (SSSR count). The molecule has 4 nitrogen and oxygen atoms in total. The van der Waals surface area contributed by atoms with Crippen molar-refractivity contribution in [2.24, 2.45) is 0 Å². The third-order valence-corrected chi connectivity index (χ3v) is 2.94. The lowest BCUT2D eigenvalue weighted by Crippen LogP contribution is -2.31. The molecule has 20 heavy (non-hydrogen) atoms. The Morgan fingerprint density at radius 2 is 2.15 bits per heavy atom. The van der Waals surface area contributed by atoms with Crippen LogP contribution in [-0.2, 0) is 11.3 Å². The molecule has 0 spiro atoms. The molecule has 0 aromatic heterocycles. The van der Waals surface area contributed by atoms with E-state index < -0.39 is 0 Å². The van der Waals surface area contributed by atoms with Gasteiger partial charge >= 0.3 is 0 Å². The highest BCUT2D eigenvalue weighted by molar-refractivity contribution is 6.32. The molecular weight excluding hydrogens is 276 g/mol. The Morgan fingerprint density at radius 3 is 2.80 bits per heavy atom. The molecule has 0 saturated carbocycles. The molecule has 0 unspecified atom stereocenters. The standard InChI is InChI=1S/C15H23ClN2O2/c1-4-17-10-12-6-5-7-13(16)15(12)20-9-8-14(19)18-11(2)3/h5-7,11,17H,4,8-10H2,1-3H3,(H,18,19). The second-order valence-corrected chi connectivity index (χ2v) is 5.24. The molecule has 0 aliphatic heterocycles. The molecule has 0 aliphatic rings. The first-order valence-corrected chi connectivity index (χ1v) is 7.32. The summed E-state index contributed by atoms with van der Waals surface area (Å²) in [6, 6.07) is 5.80. The molecule has 1 aromatic carbocycles. The molecule has 0 atom stereocenters. The van der Waals surface area contributed by atoms with Crippen LogP contribution < -0.4 is 15.4 Å². The van der Waals surface area contributed by atoms with Gasteiger partial charge in [-0.15, -0.1) is 0 Å². The topological polar surface area (TPSA) is 50.4 Å². The Kier molecular flexibility index (Phi) is 7.41. The molecule has 0 saturated heterocycles. The maximum atomic E-state index is 11.5. The molecule has 1 amide bonds. The SMILES string of the molecule is CCNCc1cccc(Cl)c1OCCC(=O)NC(C)C. The number of carbonyl (C=O) groups is 1. The summed E-state index contributed by atoms with van der Waals surface area (Å²) in [6.45, 7) is 7.80. The van der Waals surface area contributed by atoms with E-state index in [-0.39, 0.29) is 11.9 Å². The predicted octanol–water partition coefficient (Wildman–Crippen LogP) is 2.74. The summed E-state index contributed by atoms with van der Waals surface area (Å²) in [7, 11) is 0. The van der Waals surface area contributed by atoms with E-state index in [0.717, 1.165) is 12.1 Å². The largest absolute Gasteiger partial charge is 0.491 e. The minimum absolute atomic E-state index is 0.0136. The van der Waals surface area contributed by atoms with E-state index in [4.69, 9.17) is 16.3 Å². The van der Waals surface area contributed by atoms with Gasteiger partial charge in [-0.05, 0) is 26.5 Å². The Labute approximate surface area is 125 Å². The van der Waals surface area contributed by atoms with Crippen molar-refractivity contribution >= 4 is 17.5 Å². The zero-order valence-corrected chi connectivity index (χ0v) is 13.1. The van der Waals surface area contributed by atoms with Crippen molar-refractivity contribution in [3.05, 3.63) is 28.8 Å². The third-order valence-electron chi connectivity index (χ3n) is 2.64. The number of carbonyl (C=O) groups excluding carboxylic acids is 1. The number of nitrogens with one attached hydrogen (secondary N) is 2. The van der Waals surface area contributed by atoms with Gasteiger partial charge < -0.3 is 15.4 Å². The Balaban J connectivity index is 2.56. The zero-order valence-electron chi connectivity index (χ0n) is 12.3. The second-order valence-electron chi connectivity index (χ2n) is 4.83. The summed E-state index contributed by atoms with van der Waals surface area (Å²) in [4.78, 5) is 11.5. The maximum absolute atomic E-state index is 11.5. The van der Waals surface area contributed by atoms with Crippen LogP contribution in [0.5, 0.6) is 5.75 Å². The number of para-hydroxylation sites is 1. The number of halogens is 1. The van der Waals surface area contributed by atoms with Crippen LogP contribution in [0, 0.1) is 0 Å². The fraction of sp³-hybridized carbons (Fsp3) is 0.533. The summed E-state index contributed by atoms with van der Waals surface area (Å²) in [6.07, 6.45) is 0.323.